The zero-order chi connectivity index (χ0) is 25.4. The fourth-order valence-corrected chi connectivity index (χ4v) is 3.42. The molecule has 0 unspecified atom stereocenters. The van der Waals surface area contributed by atoms with E-state index in [4.69, 9.17) is 33.2 Å². The predicted molar refractivity (Wildman–Crippen MR) is 136 cm³/mol. The van der Waals surface area contributed by atoms with Crippen molar-refractivity contribution in [1.82, 2.24) is 10.2 Å². The summed E-state index contributed by atoms with van der Waals surface area (Å²) in [5, 5.41) is 2.75. The number of nitrogens with zero attached hydrogens (tertiary/aromatic N) is 1. The second-order valence-electron chi connectivity index (χ2n) is 8.58. The third kappa shape index (κ3) is 20.0. The minimum atomic E-state index is 0. The van der Waals surface area contributed by atoms with E-state index in [9.17, 15) is 4.79 Å². The van der Waals surface area contributed by atoms with Crippen molar-refractivity contribution in [3.05, 3.63) is 0 Å². The van der Waals surface area contributed by atoms with Crippen molar-refractivity contribution in [2.45, 2.75) is 52.2 Å². The molecule has 0 aromatic carbocycles. The lowest BCUT2D eigenvalue weighted by Gasteiger charge is -2.34. The van der Waals surface area contributed by atoms with Gasteiger partial charge in [0.15, 0.2) is 0 Å². The Morgan fingerprint density at radius 2 is 1.14 bits per heavy atom. The van der Waals surface area contributed by atoms with Gasteiger partial charge in [-0.25, -0.2) is 0 Å². The van der Waals surface area contributed by atoms with E-state index in [1.54, 1.807) is 0 Å². The number of amides is 1. The zero-order valence-corrected chi connectivity index (χ0v) is 22.3. The predicted octanol–water partition coefficient (Wildman–Crippen LogP) is 1.75. The SMILES string of the molecule is CCC(=O)NCCOCCOCCOCCOCCOCCOCCOC1CCN(C(C)C)CC1.[HH]. The summed E-state index contributed by atoms with van der Waals surface area (Å²) in [5.41, 5.74) is 0. The van der Waals surface area contributed by atoms with Crippen LogP contribution in [0.3, 0.4) is 0 Å². The zero-order valence-electron chi connectivity index (χ0n) is 22.3. The van der Waals surface area contributed by atoms with Crippen molar-refractivity contribution in [3.8, 4) is 0 Å². The molecule has 1 heterocycles. The first kappa shape index (κ1) is 32.2. The van der Waals surface area contributed by atoms with E-state index in [2.05, 4.69) is 24.1 Å². The monoisotopic (exact) mass is 508 g/mol. The molecule has 1 amide bonds. The maximum atomic E-state index is 11.0. The van der Waals surface area contributed by atoms with Crippen molar-refractivity contribution in [1.29, 1.82) is 0 Å². The van der Waals surface area contributed by atoms with Crippen molar-refractivity contribution < 1.29 is 39.4 Å². The summed E-state index contributed by atoms with van der Waals surface area (Å²) in [5.74, 6) is 0.0355. The minimum Gasteiger partial charge on any atom is -0.377 e. The Bertz CT molecular complexity index is 483. The molecule has 0 atom stereocenters. The maximum Gasteiger partial charge on any atom is 0.219 e. The third-order valence-electron chi connectivity index (χ3n) is 5.54. The van der Waals surface area contributed by atoms with Crippen LogP contribution in [0.4, 0.5) is 0 Å². The van der Waals surface area contributed by atoms with Crippen molar-refractivity contribution in [3.63, 3.8) is 0 Å². The van der Waals surface area contributed by atoms with Crippen LogP contribution in [0, 0.1) is 0 Å². The van der Waals surface area contributed by atoms with E-state index >= 15 is 0 Å². The van der Waals surface area contributed by atoms with Crippen molar-refractivity contribution >= 4 is 5.91 Å². The number of hydrogen-bond acceptors (Lipinski definition) is 9. The van der Waals surface area contributed by atoms with Crippen molar-refractivity contribution in [2.75, 3.05) is 106 Å². The van der Waals surface area contributed by atoms with Crippen LogP contribution in [0.5, 0.6) is 0 Å². The fraction of sp³-hybridized carbons (Fsp3) is 0.960. The first-order valence-corrected chi connectivity index (χ1v) is 13.2. The highest BCUT2D eigenvalue weighted by molar-refractivity contribution is 5.75. The summed E-state index contributed by atoms with van der Waals surface area (Å²) in [6.07, 6.45) is 3.08. The highest BCUT2D eigenvalue weighted by atomic mass is 16.6. The van der Waals surface area contributed by atoms with Crippen LogP contribution in [-0.4, -0.2) is 128 Å². The van der Waals surface area contributed by atoms with Crippen LogP contribution in [0.1, 0.15) is 41.5 Å². The van der Waals surface area contributed by atoms with Crippen molar-refractivity contribution in [2.24, 2.45) is 0 Å². The van der Waals surface area contributed by atoms with E-state index in [1.165, 1.54) is 0 Å². The Balaban J connectivity index is 0.0000122. The number of piperidine rings is 1. The molecule has 1 saturated heterocycles. The van der Waals surface area contributed by atoms with Gasteiger partial charge >= 0.3 is 0 Å². The maximum absolute atomic E-state index is 11.0. The Morgan fingerprint density at radius 3 is 1.54 bits per heavy atom. The van der Waals surface area contributed by atoms with E-state index in [-0.39, 0.29) is 7.33 Å². The number of rotatable bonds is 24. The van der Waals surface area contributed by atoms with E-state index < -0.39 is 0 Å². The van der Waals surface area contributed by atoms with Gasteiger partial charge in [-0.3, -0.25) is 4.79 Å². The molecule has 0 aliphatic carbocycles. The normalized spacial score (nSPS) is 15.2. The lowest BCUT2D eigenvalue weighted by molar-refractivity contribution is -0.121. The lowest BCUT2D eigenvalue weighted by Crippen LogP contribution is -2.41. The van der Waals surface area contributed by atoms with Gasteiger partial charge in [0.2, 0.25) is 5.91 Å². The van der Waals surface area contributed by atoms with E-state index in [0.29, 0.717) is 111 Å². The number of carbonyl (C=O) groups is 1. The third-order valence-corrected chi connectivity index (χ3v) is 5.54. The molecule has 1 fully saturated rings. The molecule has 10 heteroatoms. The summed E-state index contributed by atoms with van der Waals surface area (Å²) < 4.78 is 38.7. The molecule has 1 rings (SSSR count). The smallest absolute Gasteiger partial charge is 0.219 e. The first-order chi connectivity index (χ1) is 17.1. The molecular formula is C25H52N2O8. The largest absolute Gasteiger partial charge is 0.377 e. The van der Waals surface area contributed by atoms with Crippen LogP contribution < -0.4 is 5.32 Å². The molecule has 0 aromatic rings. The molecule has 0 saturated carbocycles. The molecule has 0 radical (unpaired) electrons. The second kappa shape index (κ2) is 23.5. The molecule has 1 aliphatic heterocycles. The molecule has 0 aromatic heterocycles. The van der Waals surface area contributed by atoms with Crippen LogP contribution >= 0.6 is 0 Å². The number of likely N-dealkylation sites (tertiary alicyclic amines) is 1. The Labute approximate surface area is 213 Å². The Morgan fingerprint density at radius 1 is 0.743 bits per heavy atom. The van der Waals surface area contributed by atoms with E-state index in [1.807, 2.05) is 6.92 Å². The standard InChI is InChI=1S/C25H50N2O8.H2/c1-4-25(28)26-7-10-29-11-12-30-13-14-31-15-16-32-17-18-33-19-20-34-21-22-35-24-5-8-27(9-6-24)23(2)3;/h23-24H,4-22H2,1-3H3,(H,26,28);1H. The summed E-state index contributed by atoms with van der Waals surface area (Å²) in [6.45, 7) is 16.1. The van der Waals surface area contributed by atoms with Gasteiger partial charge in [0, 0.05) is 33.5 Å². The summed E-state index contributed by atoms with van der Waals surface area (Å²) >= 11 is 0. The van der Waals surface area contributed by atoms with Crippen LogP contribution in [0.25, 0.3) is 0 Å². The van der Waals surface area contributed by atoms with Gasteiger partial charge in [0.25, 0.3) is 0 Å². The quantitative estimate of drug-likeness (QED) is 0.196. The molecule has 1 aliphatic rings. The number of carbonyl (C=O) groups excluding carboxylic acids is 1. The van der Waals surface area contributed by atoms with Gasteiger partial charge in [-0.05, 0) is 26.7 Å². The first-order valence-electron chi connectivity index (χ1n) is 13.2. The Hall–Kier alpha value is -0.850. The number of nitrogens with one attached hydrogen (secondary N) is 1. The molecule has 0 bridgehead atoms. The average Bonchev–Trinajstić information content (AvgIpc) is 2.87. The van der Waals surface area contributed by atoms with Gasteiger partial charge in [-0.2, -0.15) is 0 Å². The van der Waals surface area contributed by atoms with E-state index in [0.717, 1.165) is 25.9 Å². The van der Waals surface area contributed by atoms with Gasteiger partial charge < -0.3 is 43.4 Å². The number of hydrogen-bond donors (Lipinski definition) is 1. The molecule has 10 nitrogen and oxygen atoms in total. The summed E-state index contributed by atoms with van der Waals surface area (Å²) in [4.78, 5) is 13.5. The highest BCUT2D eigenvalue weighted by Gasteiger charge is 2.20. The van der Waals surface area contributed by atoms with Gasteiger partial charge in [-0.1, -0.05) is 6.92 Å². The minimum absolute atomic E-state index is 0. The highest BCUT2D eigenvalue weighted by Crippen LogP contribution is 2.15. The molecule has 210 valence electrons. The molecule has 0 spiro atoms. The van der Waals surface area contributed by atoms with Crippen LogP contribution in [-0.2, 0) is 38.0 Å². The van der Waals surface area contributed by atoms with Crippen LogP contribution in [0.2, 0.25) is 0 Å². The molecule has 35 heavy (non-hydrogen) atoms. The molecular weight excluding hydrogens is 456 g/mol. The lowest BCUT2D eigenvalue weighted by atomic mass is 10.1. The van der Waals surface area contributed by atoms with Gasteiger partial charge in [0.1, 0.15) is 0 Å². The number of ether oxygens (including phenoxy) is 7. The fourth-order valence-electron chi connectivity index (χ4n) is 3.42. The summed E-state index contributed by atoms with van der Waals surface area (Å²) in [6, 6.07) is 0.625. The van der Waals surface area contributed by atoms with Gasteiger partial charge in [0.05, 0.1) is 92.0 Å². The van der Waals surface area contributed by atoms with Crippen LogP contribution in [0.15, 0.2) is 0 Å². The summed E-state index contributed by atoms with van der Waals surface area (Å²) in [7, 11) is 0. The van der Waals surface area contributed by atoms with Gasteiger partial charge in [-0.15, -0.1) is 0 Å². The topological polar surface area (TPSA) is 97.0 Å². The Kier molecular flexibility index (Phi) is 21.6. The molecule has 1 N–H and O–H groups in total. The average molecular weight is 509 g/mol. The second-order valence-corrected chi connectivity index (χ2v) is 8.58.